The Balaban J connectivity index is 2.07. The van der Waals surface area contributed by atoms with Gasteiger partial charge < -0.3 is 0 Å². The van der Waals surface area contributed by atoms with Crippen LogP contribution in [0.3, 0.4) is 0 Å². The van der Waals surface area contributed by atoms with Crippen LogP contribution in [0, 0.1) is 0 Å². The smallest absolute Gasteiger partial charge is 0.271 e. The Morgan fingerprint density at radius 2 is 2.11 bits per heavy atom. The van der Waals surface area contributed by atoms with E-state index in [4.69, 9.17) is 11.6 Å². The van der Waals surface area contributed by atoms with Crippen molar-refractivity contribution in [2.24, 2.45) is 0 Å². The molecule has 0 fully saturated rings. The summed E-state index contributed by atoms with van der Waals surface area (Å²) in [6.45, 7) is 0.341. The van der Waals surface area contributed by atoms with E-state index in [0.717, 1.165) is 4.90 Å². The molecule has 0 N–H and O–H groups in total. The molecule has 0 aromatic carbocycles. The van der Waals surface area contributed by atoms with Crippen molar-refractivity contribution in [2.75, 3.05) is 6.54 Å². The second-order valence-electron chi connectivity index (χ2n) is 3.58. The van der Waals surface area contributed by atoms with Crippen molar-refractivity contribution in [3.8, 4) is 0 Å². The topological polar surface area (TPSA) is 63.2 Å². The summed E-state index contributed by atoms with van der Waals surface area (Å²) in [6, 6.07) is 1.68. The predicted molar refractivity (Wildman–Crippen MR) is 66.3 cm³/mol. The van der Waals surface area contributed by atoms with E-state index in [9.17, 15) is 9.59 Å². The van der Waals surface area contributed by atoms with Crippen molar-refractivity contribution < 1.29 is 9.59 Å². The first-order valence-electron chi connectivity index (χ1n) is 5.35. The third-order valence-electron chi connectivity index (χ3n) is 2.35. The van der Waals surface area contributed by atoms with Gasteiger partial charge in [-0.05, 0) is 18.6 Å². The average molecular weight is 264 g/mol. The minimum Gasteiger partial charge on any atom is -0.274 e. The number of carbonyl (C=O) groups is 2. The molecule has 2 rings (SSSR count). The first-order chi connectivity index (χ1) is 8.68. The molecule has 0 atom stereocenters. The summed E-state index contributed by atoms with van der Waals surface area (Å²) >= 11 is 5.69. The Morgan fingerprint density at radius 3 is 2.83 bits per heavy atom. The van der Waals surface area contributed by atoms with E-state index in [-0.39, 0.29) is 5.03 Å². The lowest BCUT2D eigenvalue weighted by atomic mass is 10.2. The van der Waals surface area contributed by atoms with Gasteiger partial charge in [0, 0.05) is 25.0 Å². The SMILES string of the molecule is O=C(/C=C/c1ncccn1)N1CCC=C(Cl)C1=O. The van der Waals surface area contributed by atoms with Crippen LogP contribution in [-0.4, -0.2) is 33.2 Å². The molecule has 0 spiro atoms. The molecule has 0 saturated carbocycles. The molecule has 6 heteroatoms. The Kier molecular flexibility index (Phi) is 3.84. The number of carbonyl (C=O) groups excluding carboxylic acids is 2. The molecule has 5 nitrogen and oxygen atoms in total. The lowest BCUT2D eigenvalue weighted by Gasteiger charge is -2.21. The van der Waals surface area contributed by atoms with Gasteiger partial charge in [-0.3, -0.25) is 14.5 Å². The van der Waals surface area contributed by atoms with Gasteiger partial charge in [0.15, 0.2) is 5.82 Å². The highest BCUT2D eigenvalue weighted by atomic mass is 35.5. The van der Waals surface area contributed by atoms with Crippen molar-refractivity contribution in [3.05, 3.63) is 41.5 Å². The van der Waals surface area contributed by atoms with Gasteiger partial charge in [0.1, 0.15) is 5.03 Å². The predicted octanol–water partition coefficient (Wildman–Crippen LogP) is 1.37. The van der Waals surface area contributed by atoms with Crippen LogP contribution in [0.5, 0.6) is 0 Å². The minimum atomic E-state index is -0.466. The molecule has 1 aromatic rings. The maximum absolute atomic E-state index is 11.8. The van der Waals surface area contributed by atoms with E-state index in [1.165, 1.54) is 12.2 Å². The van der Waals surface area contributed by atoms with E-state index >= 15 is 0 Å². The zero-order valence-electron chi connectivity index (χ0n) is 9.41. The maximum Gasteiger partial charge on any atom is 0.271 e. The Morgan fingerprint density at radius 1 is 1.39 bits per heavy atom. The molecular weight excluding hydrogens is 254 g/mol. The summed E-state index contributed by atoms with van der Waals surface area (Å²) in [5.74, 6) is -0.470. The fourth-order valence-corrected chi connectivity index (χ4v) is 1.69. The summed E-state index contributed by atoms with van der Waals surface area (Å²) in [4.78, 5) is 32.4. The number of halogens is 1. The van der Waals surface area contributed by atoms with Crippen LogP contribution >= 0.6 is 11.6 Å². The zero-order valence-corrected chi connectivity index (χ0v) is 10.2. The van der Waals surface area contributed by atoms with Gasteiger partial charge in [-0.2, -0.15) is 0 Å². The number of hydrogen-bond acceptors (Lipinski definition) is 4. The van der Waals surface area contributed by atoms with Crippen molar-refractivity contribution in [3.63, 3.8) is 0 Å². The highest BCUT2D eigenvalue weighted by molar-refractivity contribution is 6.43. The summed E-state index contributed by atoms with van der Waals surface area (Å²) in [5, 5.41) is 0.0824. The molecule has 1 aliphatic rings. The summed E-state index contributed by atoms with van der Waals surface area (Å²) in [5.41, 5.74) is 0. The number of aromatic nitrogens is 2. The molecule has 0 bridgehead atoms. The fraction of sp³-hybridized carbons (Fsp3) is 0.167. The van der Waals surface area contributed by atoms with Gasteiger partial charge in [0.05, 0.1) is 0 Å². The molecule has 1 aromatic heterocycles. The van der Waals surface area contributed by atoms with Crippen LogP contribution in [-0.2, 0) is 9.59 Å². The summed E-state index contributed by atoms with van der Waals surface area (Å²) < 4.78 is 0. The molecular formula is C12H10ClN3O2. The Labute approximate surface area is 109 Å². The molecule has 18 heavy (non-hydrogen) atoms. The largest absolute Gasteiger partial charge is 0.274 e. The zero-order chi connectivity index (χ0) is 13.0. The second kappa shape index (κ2) is 5.55. The molecule has 0 radical (unpaired) electrons. The maximum atomic E-state index is 11.8. The Bertz CT molecular complexity index is 525. The number of rotatable bonds is 2. The molecule has 2 heterocycles. The van der Waals surface area contributed by atoms with Gasteiger partial charge in [-0.1, -0.05) is 17.7 Å². The molecule has 2 amide bonds. The number of imide groups is 1. The third kappa shape index (κ3) is 2.81. The highest BCUT2D eigenvalue weighted by Gasteiger charge is 2.24. The average Bonchev–Trinajstić information content (AvgIpc) is 2.40. The van der Waals surface area contributed by atoms with Crippen LogP contribution in [0.2, 0.25) is 0 Å². The number of nitrogens with zero attached hydrogens (tertiary/aromatic N) is 3. The van der Waals surface area contributed by atoms with Crippen LogP contribution in [0.25, 0.3) is 6.08 Å². The second-order valence-corrected chi connectivity index (χ2v) is 3.98. The lowest BCUT2D eigenvalue weighted by Crippen LogP contribution is -2.38. The normalized spacial score (nSPS) is 15.9. The number of hydrogen-bond donors (Lipinski definition) is 0. The van der Waals surface area contributed by atoms with Crippen molar-refractivity contribution in [2.45, 2.75) is 6.42 Å². The number of amides is 2. The minimum absolute atomic E-state index is 0.0824. The van der Waals surface area contributed by atoms with Crippen LogP contribution in [0.15, 0.2) is 35.6 Å². The van der Waals surface area contributed by atoms with E-state index in [1.807, 2.05) is 0 Å². The van der Waals surface area contributed by atoms with Crippen LogP contribution < -0.4 is 0 Å². The van der Waals surface area contributed by atoms with Gasteiger partial charge in [-0.25, -0.2) is 9.97 Å². The van der Waals surface area contributed by atoms with Gasteiger partial charge in [0.25, 0.3) is 11.8 Å². The molecule has 1 aliphatic heterocycles. The molecule has 0 aliphatic carbocycles. The third-order valence-corrected chi connectivity index (χ3v) is 2.67. The standard InChI is InChI=1S/C12H10ClN3O2/c13-9-3-1-8-16(12(9)18)11(17)5-4-10-14-6-2-7-15-10/h2-7H,1,8H2/b5-4+. The van der Waals surface area contributed by atoms with Crippen LogP contribution in [0.4, 0.5) is 0 Å². The molecule has 92 valence electrons. The van der Waals surface area contributed by atoms with E-state index in [1.54, 1.807) is 24.5 Å². The first-order valence-corrected chi connectivity index (χ1v) is 5.73. The Hall–Kier alpha value is -2.01. The van der Waals surface area contributed by atoms with Crippen molar-refractivity contribution in [1.29, 1.82) is 0 Å². The fourth-order valence-electron chi connectivity index (χ4n) is 1.48. The molecule has 0 unspecified atom stereocenters. The van der Waals surface area contributed by atoms with E-state index in [0.29, 0.717) is 18.8 Å². The lowest BCUT2D eigenvalue weighted by molar-refractivity contribution is -0.139. The van der Waals surface area contributed by atoms with Crippen molar-refractivity contribution in [1.82, 2.24) is 14.9 Å². The highest BCUT2D eigenvalue weighted by Crippen LogP contribution is 2.15. The summed E-state index contributed by atoms with van der Waals surface area (Å²) in [6.07, 6.45) is 8.06. The van der Waals surface area contributed by atoms with E-state index < -0.39 is 11.8 Å². The van der Waals surface area contributed by atoms with E-state index in [2.05, 4.69) is 9.97 Å². The summed E-state index contributed by atoms with van der Waals surface area (Å²) in [7, 11) is 0. The quantitative estimate of drug-likeness (QED) is 0.756. The van der Waals surface area contributed by atoms with Gasteiger partial charge in [0.2, 0.25) is 0 Å². The first kappa shape index (κ1) is 12.4. The van der Waals surface area contributed by atoms with Crippen LogP contribution in [0.1, 0.15) is 12.2 Å². The monoisotopic (exact) mass is 263 g/mol. The molecule has 0 saturated heterocycles. The van der Waals surface area contributed by atoms with Gasteiger partial charge >= 0.3 is 0 Å². The van der Waals surface area contributed by atoms with Gasteiger partial charge in [-0.15, -0.1) is 0 Å². The van der Waals surface area contributed by atoms with Crippen molar-refractivity contribution >= 4 is 29.5 Å².